The average molecular weight is 200 g/mol. The molecule has 0 rings (SSSR count). The number of rotatable bonds is 4. The number of hydrogen-bond donors (Lipinski definition) is 3. The maximum Gasteiger partial charge on any atom is 0.308 e. The highest BCUT2D eigenvalue weighted by atomic mass is 16.4. The Kier molecular flexibility index (Phi) is 3.82. The summed E-state index contributed by atoms with van der Waals surface area (Å²) in [6.45, 7) is 4.99. The Morgan fingerprint density at radius 2 is 1.79 bits per heavy atom. The van der Waals surface area contributed by atoms with Crippen molar-refractivity contribution in [3.63, 3.8) is 0 Å². The second-order valence-electron chi connectivity index (χ2n) is 3.76. The van der Waals surface area contributed by atoms with Crippen LogP contribution in [0.3, 0.4) is 0 Å². The van der Waals surface area contributed by atoms with Crippen molar-refractivity contribution >= 4 is 11.9 Å². The van der Waals surface area contributed by atoms with Crippen molar-refractivity contribution in [1.82, 2.24) is 0 Å². The summed E-state index contributed by atoms with van der Waals surface area (Å²) in [4.78, 5) is 21.4. The average Bonchev–Trinajstić information content (AvgIpc) is 1.96. The zero-order valence-electron chi connectivity index (χ0n) is 8.63. The van der Waals surface area contributed by atoms with Crippen LogP contribution in [-0.4, -0.2) is 22.5 Å². The molecule has 0 aliphatic rings. The molecule has 0 aromatic heterocycles. The third kappa shape index (κ3) is 3.57. The Labute approximate surface area is 82.8 Å². The molecule has 14 heavy (non-hydrogen) atoms. The fourth-order valence-corrected chi connectivity index (χ4v) is 0.945. The predicted octanol–water partition coefficient (Wildman–Crippen LogP) is 0.000200. The first kappa shape index (κ1) is 12.6. The molecule has 0 unspecified atom stereocenters. The molecule has 0 saturated carbocycles. The smallest absolute Gasteiger partial charge is 0.308 e. The van der Waals surface area contributed by atoms with Gasteiger partial charge in [-0.3, -0.25) is 9.59 Å². The first-order chi connectivity index (χ1) is 6.16. The van der Waals surface area contributed by atoms with Gasteiger partial charge in [0.1, 0.15) is 0 Å². The molecule has 5 heteroatoms. The van der Waals surface area contributed by atoms with Crippen LogP contribution in [0.25, 0.3) is 0 Å². The summed E-state index contributed by atoms with van der Waals surface area (Å²) in [6, 6.07) is 0. The number of carbonyl (C=O) groups is 2. The molecule has 1 amide bonds. The molecule has 0 heterocycles. The van der Waals surface area contributed by atoms with Crippen molar-refractivity contribution in [3.05, 3.63) is 11.1 Å². The van der Waals surface area contributed by atoms with Gasteiger partial charge in [-0.25, -0.2) is 0 Å². The fraction of sp³-hybridized carbons (Fsp3) is 0.556. The van der Waals surface area contributed by atoms with Gasteiger partial charge in [0.2, 0.25) is 5.91 Å². The van der Waals surface area contributed by atoms with Gasteiger partial charge in [0.15, 0.2) is 0 Å². The molecule has 0 spiro atoms. The molecular formula is C9H16N2O3. The SMILES string of the molecule is CC(=C(CC(=O)O)C(N)=O)C(C)(C)N. The van der Waals surface area contributed by atoms with Crippen LogP contribution in [-0.2, 0) is 9.59 Å². The second kappa shape index (κ2) is 4.23. The highest BCUT2D eigenvalue weighted by molar-refractivity contribution is 5.97. The molecule has 0 radical (unpaired) electrons. The Morgan fingerprint density at radius 3 is 2.00 bits per heavy atom. The number of aliphatic carboxylic acids is 1. The molecule has 0 saturated heterocycles. The van der Waals surface area contributed by atoms with Gasteiger partial charge in [-0.15, -0.1) is 0 Å². The molecular weight excluding hydrogens is 184 g/mol. The minimum absolute atomic E-state index is 0.0741. The monoisotopic (exact) mass is 200 g/mol. The lowest BCUT2D eigenvalue weighted by molar-refractivity contribution is -0.137. The van der Waals surface area contributed by atoms with E-state index in [1.54, 1.807) is 20.8 Å². The van der Waals surface area contributed by atoms with E-state index in [1.165, 1.54) is 0 Å². The number of hydrogen-bond acceptors (Lipinski definition) is 3. The van der Waals surface area contributed by atoms with Crippen molar-refractivity contribution in [2.45, 2.75) is 32.7 Å². The first-order valence-corrected chi connectivity index (χ1v) is 4.17. The van der Waals surface area contributed by atoms with E-state index < -0.39 is 17.4 Å². The Morgan fingerprint density at radius 1 is 1.36 bits per heavy atom. The van der Waals surface area contributed by atoms with Gasteiger partial charge < -0.3 is 16.6 Å². The van der Waals surface area contributed by atoms with E-state index in [0.29, 0.717) is 5.57 Å². The van der Waals surface area contributed by atoms with Crippen molar-refractivity contribution in [2.75, 3.05) is 0 Å². The molecule has 0 fully saturated rings. The first-order valence-electron chi connectivity index (χ1n) is 4.17. The molecule has 80 valence electrons. The molecule has 0 aliphatic carbocycles. The minimum atomic E-state index is -1.09. The Bertz CT molecular complexity index is 287. The van der Waals surface area contributed by atoms with Crippen LogP contribution in [0.1, 0.15) is 27.2 Å². The molecule has 5 nitrogen and oxygen atoms in total. The van der Waals surface area contributed by atoms with Crippen LogP contribution < -0.4 is 11.5 Å². The van der Waals surface area contributed by atoms with Gasteiger partial charge in [0, 0.05) is 11.1 Å². The van der Waals surface area contributed by atoms with Gasteiger partial charge in [0.05, 0.1) is 6.42 Å². The normalized spacial score (nSPS) is 13.4. The number of amides is 1. The highest BCUT2D eigenvalue weighted by Crippen LogP contribution is 2.18. The summed E-state index contributed by atoms with van der Waals surface area (Å²) < 4.78 is 0. The van der Waals surface area contributed by atoms with Gasteiger partial charge in [-0.05, 0) is 26.3 Å². The predicted molar refractivity (Wildman–Crippen MR) is 52.4 cm³/mol. The summed E-state index contributed by atoms with van der Waals surface area (Å²) in [5.41, 5.74) is 10.6. The molecule has 0 atom stereocenters. The number of carboxylic acid groups (broad SMARTS) is 1. The van der Waals surface area contributed by atoms with Crippen LogP contribution >= 0.6 is 0 Å². The Balaban J connectivity index is 5.17. The second-order valence-corrected chi connectivity index (χ2v) is 3.76. The van der Waals surface area contributed by atoms with E-state index in [2.05, 4.69) is 0 Å². The maximum atomic E-state index is 11.0. The molecule has 0 aromatic carbocycles. The van der Waals surface area contributed by atoms with E-state index in [0.717, 1.165) is 0 Å². The van der Waals surface area contributed by atoms with Gasteiger partial charge in [-0.1, -0.05) is 0 Å². The number of primary amides is 1. The summed E-state index contributed by atoms with van der Waals surface area (Å²) in [5.74, 6) is -1.83. The maximum absolute atomic E-state index is 11.0. The lowest BCUT2D eigenvalue weighted by Crippen LogP contribution is -2.36. The van der Waals surface area contributed by atoms with Gasteiger partial charge >= 0.3 is 5.97 Å². The largest absolute Gasteiger partial charge is 0.481 e. The van der Waals surface area contributed by atoms with Gasteiger partial charge in [0.25, 0.3) is 0 Å². The topological polar surface area (TPSA) is 106 Å². The van der Waals surface area contributed by atoms with Crippen LogP contribution in [0.15, 0.2) is 11.1 Å². The lowest BCUT2D eigenvalue weighted by atomic mass is 9.90. The molecule has 0 aromatic rings. The Hall–Kier alpha value is -1.36. The van der Waals surface area contributed by atoms with Gasteiger partial charge in [-0.2, -0.15) is 0 Å². The van der Waals surface area contributed by atoms with E-state index in [9.17, 15) is 9.59 Å². The zero-order chi connectivity index (χ0) is 11.5. The minimum Gasteiger partial charge on any atom is -0.481 e. The third-order valence-electron chi connectivity index (χ3n) is 2.04. The summed E-state index contributed by atoms with van der Waals surface area (Å²) in [6.07, 6.45) is -0.387. The number of nitrogens with two attached hydrogens (primary N) is 2. The van der Waals surface area contributed by atoms with E-state index in [-0.39, 0.29) is 12.0 Å². The summed E-state index contributed by atoms with van der Waals surface area (Å²) >= 11 is 0. The summed E-state index contributed by atoms with van der Waals surface area (Å²) in [7, 11) is 0. The van der Waals surface area contributed by atoms with Crippen molar-refractivity contribution in [3.8, 4) is 0 Å². The van der Waals surface area contributed by atoms with Crippen LogP contribution in [0.2, 0.25) is 0 Å². The molecule has 5 N–H and O–H groups in total. The molecule has 0 bridgehead atoms. The van der Waals surface area contributed by atoms with E-state index >= 15 is 0 Å². The van der Waals surface area contributed by atoms with Crippen LogP contribution in [0.4, 0.5) is 0 Å². The number of carbonyl (C=O) groups excluding carboxylic acids is 1. The number of carboxylic acids is 1. The van der Waals surface area contributed by atoms with Crippen LogP contribution in [0.5, 0.6) is 0 Å². The van der Waals surface area contributed by atoms with Crippen molar-refractivity contribution in [2.24, 2.45) is 11.5 Å². The fourth-order valence-electron chi connectivity index (χ4n) is 0.945. The van der Waals surface area contributed by atoms with Crippen molar-refractivity contribution < 1.29 is 14.7 Å². The quantitative estimate of drug-likeness (QED) is 0.555. The third-order valence-corrected chi connectivity index (χ3v) is 2.04. The zero-order valence-corrected chi connectivity index (χ0v) is 8.63. The van der Waals surface area contributed by atoms with Crippen molar-refractivity contribution in [1.29, 1.82) is 0 Å². The standard InChI is InChI=1S/C9H16N2O3/c1-5(9(2,3)11)6(8(10)14)4-7(12)13/h4,11H2,1-3H3,(H2,10,14)(H,12,13). The molecule has 0 aliphatic heterocycles. The van der Waals surface area contributed by atoms with E-state index in [4.69, 9.17) is 16.6 Å². The van der Waals surface area contributed by atoms with Crippen LogP contribution in [0, 0.1) is 0 Å². The summed E-state index contributed by atoms with van der Waals surface area (Å²) in [5, 5.41) is 8.56. The highest BCUT2D eigenvalue weighted by Gasteiger charge is 2.22. The lowest BCUT2D eigenvalue weighted by Gasteiger charge is -2.22. The van der Waals surface area contributed by atoms with E-state index in [1.807, 2.05) is 0 Å².